The van der Waals surface area contributed by atoms with Crippen LogP contribution in [0.5, 0.6) is 0 Å². The van der Waals surface area contributed by atoms with Crippen LogP contribution in [0, 0.1) is 5.92 Å². The highest BCUT2D eigenvalue weighted by atomic mass is 16.6. The van der Waals surface area contributed by atoms with Gasteiger partial charge in [-0.05, 0) is 62.8 Å². The fraction of sp³-hybridized carbons (Fsp3) is 0.472. The molecule has 0 spiro atoms. The van der Waals surface area contributed by atoms with Crippen molar-refractivity contribution >= 4 is 23.9 Å². The van der Waals surface area contributed by atoms with E-state index in [9.17, 15) is 24.3 Å². The van der Waals surface area contributed by atoms with Gasteiger partial charge >= 0.3 is 12.1 Å². The summed E-state index contributed by atoms with van der Waals surface area (Å²) < 4.78 is 5.48. The van der Waals surface area contributed by atoms with Gasteiger partial charge in [-0.1, -0.05) is 79.6 Å². The standard InChI is InChI=1S/C36H43N7O6/c1-35(2,3)49-34(48)37-28-19-11-6-4-5-10-16-24-21-36(24,33(46)47)38-31(44)29-20-25(22-42(29)32(28)45)43-40-30(39-41-43)27-18-13-12-17-26(27)23-14-8-7-9-15-23/h7-10,12-18,24-25,28-29H,4-6,11,19-22H2,1-3H3,(H,37,48)(H,38,44)(H,46,47)/t24-,25-,28+,29+,36-/m1/s1. The molecule has 13 heteroatoms. The van der Waals surface area contributed by atoms with Gasteiger partial charge in [-0.15, -0.1) is 10.2 Å². The molecule has 2 aliphatic heterocycles. The first-order valence-corrected chi connectivity index (χ1v) is 16.9. The zero-order valence-corrected chi connectivity index (χ0v) is 28.0. The van der Waals surface area contributed by atoms with Crippen LogP contribution >= 0.6 is 0 Å². The Bertz CT molecular complexity index is 1730. The van der Waals surface area contributed by atoms with E-state index in [1.54, 1.807) is 20.8 Å². The summed E-state index contributed by atoms with van der Waals surface area (Å²) in [6.45, 7) is 5.28. The van der Waals surface area contributed by atoms with Crippen molar-refractivity contribution in [1.29, 1.82) is 0 Å². The zero-order valence-electron chi connectivity index (χ0n) is 28.0. The van der Waals surface area contributed by atoms with Crippen molar-refractivity contribution < 1.29 is 29.0 Å². The van der Waals surface area contributed by atoms with Crippen LogP contribution in [0.15, 0.2) is 66.7 Å². The van der Waals surface area contributed by atoms with Crippen LogP contribution in [0.3, 0.4) is 0 Å². The van der Waals surface area contributed by atoms with Gasteiger partial charge in [0.05, 0.1) is 6.04 Å². The molecule has 1 aromatic heterocycles. The van der Waals surface area contributed by atoms with Crippen molar-refractivity contribution in [2.75, 3.05) is 6.54 Å². The number of carbonyl (C=O) groups is 4. The Morgan fingerprint density at radius 3 is 2.49 bits per heavy atom. The van der Waals surface area contributed by atoms with E-state index in [0.29, 0.717) is 18.7 Å². The van der Waals surface area contributed by atoms with Crippen molar-refractivity contribution in [2.45, 2.75) is 95.0 Å². The van der Waals surface area contributed by atoms with Crippen molar-refractivity contribution in [1.82, 2.24) is 35.7 Å². The third kappa shape index (κ3) is 7.50. The lowest BCUT2D eigenvalue weighted by atomic mass is 9.99. The number of rotatable bonds is 5. The number of fused-ring (bicyclic) bond motifs is 2. The molecule has 3 amide bonds. The van der Waals surface area contributed by atoms with Crippen LogP contribution in [-0.4, -0.2) is 83.9 Å². The first-order valence-electron chi connectivity index (χ1n) is 16.9. The summed E-state index contributed by atoms with van der Waals surface area (Å²) in [6, 6.07) is 15.1. The Morgan fingerprint density at radius 2 is 1.76 bits per heavy atom. The summed E-state index contributed by atoms with van der Waals surface area (Å²) in [6.07, 6.45) is 6.90. The van der Waals surface area contributed by atoms with E-state index < -0.39 is 53.1 Å². The molecule has 0 bridgehead atoms. The first-order chi connectivity index (χ1) is 23.4. The number of tetrazole rings is 1. The van der Waals surface area contributed by atoms with Gasteiger partial charge in [0.15, 0.2) is 0 Å². The third-order valence-electron chi connectivity index (χ3n) is 9.34. The Balaban J connectivity index is 1.31. The van der Waals surface area contributed by atoms with Gasteiger partial charge in [-0.25, -0.2) is 9.59 Å². The minimum absolute atomic E-state index is 0.0585. The minimum atomic E-state index is -1.44. The molecule has 0 radical (unpaired) electrons. The molecule has 1 saturated carbocycles. The van der Waals surface area contributed by atoms with Gasteiger partial charge in [0.25, 0.3) is 0 Å². The average Bonchev–Trinajstić information content (AvgIpc) is 3.37. The van der Waals surface area contributed by atoms with Gasteiger partial charge in [0.2, 0.25) is 17.6 Å². The van der Waals surface area contributed by atoms with Crippen LogP contribution in [-0.2, 0) is 19.1 Å². The molecule has 3 aliphatic rings. The molecule has 3 heterocycles. The van der Waals surface area contributed by atoms with Gasteiger partial charge in [0, 0.05) is 24.4 Å². The van der Waals surface area contributed by atoms with E-state index in [2.05, 4.69) is 20.9 Å². The van der Waals surface area contributed by atoms with Crippen molar-refractivity contribution in [3.8, 4) is 22.5 Å². The van der Waals surface area contributed by atoms with E-state index in [1.807, 2.05) is 66.7 Å². The Labute approximate surface area is 285 Å². The maximum Gasteiger partial charge on any atom is 0.408 e. The SMILES string of the molecule is CC(C)(C)OC(=O)N[C@H]1CCCCCC=C[C@@H]2C[C@@]2(C(=O)O)NC(=O)[C@@H]2C[C@@H](n3nnc(-c4ccccc4-c4ccccc4)n3)CN2C1=O. The second-order valence-electron chi connectivity index (χ2n) is 14.1. The highest BCUT2D eigenvalue weighted by Crippen LogP contribution is 2.45. The average molecular weight is 670 g/mol. The van der Waals surface area contributed by atoms with Crippen molar-refractivity contribution in [3.05, 3.63) is 66.7 Å². The Hall–Kier alpha value is -5.07. The van der Waals surface area contributed by atoms with Crippen LogP contribution in [0.2, 0.25) is 0 Å². The molecule has 49 heavy (non-hydrogen) atoms. The lowest BCUT2D eigenvalue weighted by molar-refractivity contribution is -0.145. The van der Waals surface area contributed by atoms with Crippen molar-refractivity contribution in [3.63, 3.8) is 0 Å². The fourth-order valence-corrected chi connectivity index (χ4v) is 6.73. The number of carboxylic acid groups (broad SMARTS) is 1. The summed E-state index contributed by atoms with van der Waals surface area (Å²) in [5.74, 6) is -2.09. The molecule has 1 aliphatic carbocycles. The number of carboxylic acids is 1. The van der Waals surface area contributed by atoms with E-state index in [1.165, 1.54) is 9.70 Å². The fourth-order valence-electron chi connectivity index (χ4n) is 6.73. The number of hydrogen-bond donors (Lipinski definition) is 3. The highest BCUT2D eigenvalue weighted by molar-refractivity contribution is 5.96. The molecular weight excluding hydrogens is 626 g/mol. The number of ether oxygens (including phenoxy) is 1. The summed E-state index contributed by atoms with van der Waals surface area (Å²) in [7, 11) is 0. The largest absolute Gasteiger partial charge is 0.479 e. The number of nitrogens with one attached hydrogen (secondary N) is 2. The van der Waals surface area contributed by atoms with Gasteiger partial charge in [0.1, 0.15) is 23.2 Å². The van der Waals surface area contributed by atoms with Crippen LogP contribution in [0.4, 0.5) is 4.79 Å². The number of nitrogens with zero attached hydrogens (tertiary/aromatic N) is 5. The van der Waals surface area contributed by atoms with E-state index in [0.717, 1.165) is 36.0 Å². The first kappa shape index (κ1) is 33.8. The summed E-state index contributed by atoms with van der Waals surface area (Å²) in [4.78, 5) is 56.4. The quantitative estimate of drug-likeness (QED) is 0.331. The number of aliphatic carboxylic acids is 1. The maximum absolute atomic E-state index is 14.3. The van der Waals surface area contributed by atoms with Gasteiger partial charge in [-0.2, -0.15) is 4.80 Å². The number of aromatic nitrogens is 4. The number of allylic oxidation sites excluding steroid dienone is 1. The number of alkyl carbamates (subject to hydrolysis) is 1. The third-order valence-corrected chi connectivity index (χ3v) is 9.34. The molecule has 0 unspecified atom stereocenters. The summed E-state index contributed by atoms with van der Waals surface area (Å²) in [5, 5.41) is 29.1. The Morgan fingerprint density at radius 1 is 1.02 bits per heavy atom. The van der Waals surface area contributed by atoms with Gasteiger partial charge in [-0.3, -0.25) is 9.59 Å². The highest BCUT2D eigenvalue weighted by Gasteiger charge is 2.61. The van der Waals surface area contributed by atoms with E-state index >= 15 is 0 Å². The lowest BCUT2D eigenvalue weighted by Crippen LogP contribution is -2.56. The Kier molecular flexibility index (Phi) is 9.53. The molecular formula is C36H43N7O6. The molecule has 258 valence electrons. The molecule has 6 rings (SSSR count). The molecule has 5 atom stereocenters. The predicted molar refractivity (Wildman–Crippen MR) is 180 cm³/mol. The minimum Gasteiger partial charge on any atom is -0.479 e. The maximum atomic E-state index is 14.3. The molecule has 3 N–H and O–H groups in total. The monoisotopic (exact) mass is 669 g/mol. The number of benzene rings is 2. The number of amides is 3. The molecule has 2 fully saturated rings. The normalized spacial score (nSPS) is 26.1. The van der Waals surface area contributed by atoms with Crippen LogP contribution in [0.1, 0.15) is 71.8 Å². The summed E-state index contributed by atoms with van der Waals surface area (Å²) in [5.41, 5.74) is 0.489. The molecule has 1 saturated heterocycles. The van der Waals surface area contributed by atoms with Crippen LogP contribution in [0.25, 0.3) is 22.5 Å². The van der Waals surface area contributed by atoms with E-state index in [-0.39, 0.29) is 25.3 Å². The zero-order chi connectivity index (χ0) is 34.8. The second kappa shape index (κ2) is 13.8. The number of carbonyl (C=O) groups excluding carboxylic acids is 3. The predicted octanol–water partition coefficient (Wildman–Crippen LogP) is 4.52. The van der Waals surface area contributed by atoms with Crippen LogP contribution < -0.4 is 10.6 Å². The van der Waals surface area contributed by atoms with Gasteiger partial charge < -0.3 is 25.4 Å². The number of hydrogen-bond acceptors (Lipinski definition) is 8. The lowest BCUT2D eigenvalue weighted by Gasteiger charge is -2.30. The smallest absolute Gasteiger partial charge is 0.408 e. The molecule has 3 aromatic rings. The topological polar surface area (TPSA) is 169 Å². The molecule has 13 nitrogen and oxygen atoms in total. The van der Waals surface area contributed by atoms with Crippen molar-refractivity contribution in [2.24, 2.45) is 5.92 Å². The molecule has 2 aromatic carbocycles. The summed E-state index contributed by atoms with van der Waals surface area (Å²) >= 11 is 0. The van der Waals surface area contributed by atoms with E-state index in [4.69, 9.17) is 9.84 Å². The second-order valence-corrected chi connectivity index (χ2v) is 14.1.